The number of halogens is 5. The maximum absolute atomic E-state index is 13.1. The Bertz CT molecular complexity index is 939. The van der Waals surface area contributed by atoms with Crippen LogP contribution in [0.4, 0.5) is 29.9 Å². The fraction of sp³-hybridized carbons (Fsp3) is 0.389. The van der Waals surface area contributed by atoms with E-state index in [4.69, 9.17) is 9.47 Å². The Morgan fingerprint density at radius 3 is 2.29 bits per heavy atom. The van der Waals surface area contributed by atoms with Crippen LogP contribution in [0.1, 0.15) is 25.7 Å². The highest BCUT2D eigenvalue weighted by Gasteiger charge is 2.65. The first-order valence-electron chi connectivity index (χ1n) is 9.27. The number of aromatic nitrogens is 2. The van der Waals surface area contributed by atoms with E-state index in [-0.39, 0.29) is 36.0 Å². The molecule has 7 nitrogen and oxygen atoms in total. The lowest BCUT2D eigenvalue weighted by Gasteiger charge is -2.40. The molecule has 2 amide bonds. The highest BCUT2D eigenvalue weighted by molar-refractivity contribution is 8.45. The summed E-state index contributed by atoms with van der Waals surface area (Å²) >= 11 is 0. The number of rotatable bonds is 6. The van der Waals surface area contributed by atoms with Gasteiger partial charge >= 0.3 is 22.3 Å². The Labute approximate surface area is 175 Å². The molecule has 0 saturated heterocycles. The highest BCUT2D eigenvalue weighted by atomic mass is 32.5. The summed E-state index contributed by atoms with van der Waals surface area (Å²) in [5.41, 5.74) is -0.510. The number of nitrogens with zero attached hydrogens (tertiary/aromatic N) is 2. The quantitative estimate of drug-likeness (QED) is 0.535. The molecule has 0 radical (unpaired) electrons. The van der Waals surface area contributed by atoms with Crippen molar-refractivity contribution in [3.8, 4) is 11.8 Å². The predicted molar refractivity (Wildman–Crippen MR) is 105 cm³/mol. The molecule has 2 aromatic rings. The van der Waals surface area contributed by atoms with Gasteiger partial charge in [-0.05, 0) is 49.9 Å². The summed E-state index contributed by atoms with van der Waals surface area (Å²) in [6.07, 6.45) is 5.29. The Balaban J connectivity index is 1.59. The van der Waals surface area contributed by atoms with Gasteiger partial charge in [0, 0.05) is 18.4 Å². The van der Waals surface area contributed by atoms with Gasteiger partial charge in [0.25, 0.3) is 0 Å². The predicted octanol–water partition coefficient (Wildman–Crippen LogP) is 5.65. The smallest absolute Gasteiger partial charge is 0.319 e. The molecule has 31 heavy (non-hydrogen) atoms. The van der Waals surface area contributed by atoms with E-state index in [9.17, 15) is 24.2 Å². The Morgan fingerprint density at radius 1 is 1.06 bits per heavy atom. The van der Waals surface area contributed by atoms with Gasteiger partial charge in [-0.25, -0.2) is 14.8 Å². The van der Waals surface area contributed by atoms with Gasteiger partial charge in [0.05, 0.1) is 12.8 Å². The molecule has 0 atom stereocenters. The van der Waals surface area contributed by atoms with E-state index in [1.165, 1.54) is 0 Å². The van der Waals surface area contributed by atoms with Crippen molar-refractivity contribution in [1.82, 2.24) is 15.3 Å². The minimum Gasteiger partial charge on any atom is -0.495 e. The molecule has 172 valence electrons. The molecule has 3 rings (SSSR count). The van der Waals surface area contributed by atoms with Crippen molar-refractivity contribution < 1.29 is 33.7 Å². The van der Waals surface area contributed by atoms with E-state index in [0.29, 0.717) is 25.7 Å². The van der Waals surface area contributed by atoms with Crippen LogP contribution in [0, 0.1) is 0 Å². The lowest BCUT2D eigenvalue weighted by Crippen LogP contribution is -2.41. The minimum atomic E-state index is -9.90. The number of urea groups is 1. The number of nitrogens with one attached hydrogen (secondary N) is 2. The van der Waals surface area contributed by atoms with Crippen molar-refractivity contribution >= 4 is 21.9 Å². The topological polar surface area (TPSA) is 85.4 Å². The normalized spacial score (nSPS) is 21.4. The van der Waals surface area contributed by atoms with Crippen molar-refractivity contribution in [3.05, 3.63) is 36.7 Å². The van der Waals surface area contributed by atoms with Gasteiger partial charge in [0.2, 0.25) is 0 Å². The number of hydrogen-bond acceptors (Lipinski definition) is 5. The molecule has 2 N–H and O–H groups in total. The lowest BCUT2D eigenvalue weighted by molar-refractivity contribution is 0.129. The second-order valence-electron chi connectivity index (χ2n) is 7.05. The van der Waals surface area contributed by atoms with E-state index >= 15 is 0 Å². The molecular weight excluding hydrogens is 447 g/mol. The van der Waals surface area contributed by atoms with Crippen LogP contribution in [0.5, 0.6) is 11.8 Å². The molecule has 1 aromatic heterocycles. The molecule has 1 saturated carbocycles. The number of methoxy groups -OCH3 is 1. The molecule has 1 aliphatic rings. The second-order valence-corrected chi connectivity index (χ2v) is 9.46. The minimum absolute atomic E-state index is 0.127. The molecule has 13 heteroatoms. The fourth-order valence-corrected chi connectivity index (χ4v) is 3.85. The van der Waals surface area contributed by atoms with Crippen LogP contribution in [0.3, 0.4) is 0 Å². The van der Waals surface area contributed by atoms with Crippen LogP contribution in [0.2, 0.25) is 0 Å². The number of amides is 2. The fourth-order valence-electron chi connectivity index (χ4n) is 3.19. The largest absolute Gasteiger partial charge is 0.495 e. The summed E-state index contributed by atoms with van der Waals surface area (Å²) in [6.45, 7) is 0. The Hall–Kier alpha value is -2.83. The van der Waals surface area contributed by atoms with Crippen LogP contribution in [-0.2, 0) is 0 Å². The maximum atomic E-state index is 13.1. The van der Waals surface area contributed by atoms with Crippen LogP contribution >= 0.6 is 10.2 Å². The standard InChI is InChI=1S/C18H21F5N4O3S/c1-29-16-8-7-14(31(19,20,21,22)23)11-15(16)27-17(28)26-12-3-5-13(6-4-12)30-18-24-9-2-10-25-18/h2,7-13H,3-6H2,1H3,(H2,26,27,28). The average molecular weight is 468 g/mol. The lowest BCUT2D eigenvalue weighted by atomic mass is 9.93. The van der Waals surface area contributed by atoms with Crippen molar-refractivity contribution in [2.75, 3.05) is 12.4 Å². The third-order valence-corrected chi connectivity index (χ3v) is 5.83. The van der Waals surface area contributed by atoms with Crippen molar-refractivity contribution in [2.24, 2.45) is 0 Å². The van der Waals surface area contributed by atoms with E-state index in [0.717, 1.165) is 13.2 Å². The van der Waals surface area contributed by atoms with Crippen LogP contribution < -0.4 is 20.1 Å². The zero-order valence-corrected chi connectivity index (χ0v) is 17.2. The maximum Gasteiger partial charge on any atom is 0.319 e. The van der Waals surface area contributed by atoms with Crippen molar-refractivity contribution in [3.63, 3.8) is 0 Å². The van der Waals surface area contributed by atoms with Crippen LogP contribution in [0.25, 0.3) is 0 Å². The monoisotopic (exact) mass is 468 g/mol. The molecular formula is C18H21F5N4O3S. The first-order valence-corrected chi connectivity index (χ1v) is 11.2. The Morgan fingerprint density at radius 2 is 1.71 bits per heavy atom. The van der Waals surface area contributed by atoms with Gasteiger partial charge in [-0.3, -0.25) is 0 Å². The summed E-state index contributed by atoms with van der Waals surface area (Å²) < 4.78 is 75.9. The zero-order chi connectivity index (χ0) is 22.8. The van der Waals surface area contributed by atoms with Gasteiger partial charge in [-0.15, -0.1) is 0 Å². The number of anilines is 1. The number of hydrogen-bond donors (Lipinski definition) is 2. The first kappa shape index (κ1) is 22.8. The van der Waals surface area contributed by atoms with Gasteiger partial charge in [0.15, 0.2) is 0 Å². The van der Waals surface area contributed by atoms with Crippen molar-refractivity contribution in [1.29, 1.82) is 0 Å². The van der Waals surface area contributed by atoms with Gasteiger partial charge in [0.1, 0.15) is 16.7 Å². The van der Waals surface area contributed by atoms with Crippen LogP contribution in [0.15, 0.2) is 41.6 Å². The van der Waals surface area contributed by atoms with E-state index in [1.54, 1.807) is 18.5 Å². The van der Waals surface area contributed by atoms with Gasteiger partial charge in [-0.1, -0.05) is 19.4 Å². The van der Waals surface area contributed by atoms with Gasteiger partial charge < -0.3 is 20.1 Å². The van der Waals surface area contributed by atoms with E-state index in [1.807, 2.05) is 0 Å². The van der Waals surface area contributed by atoms with Crippen LogP contribution in [-0.4, -0.2) is 35.3 Å². The SMILES string of the molecule is COc1ccc(S(F)(F)(F)(F)F)cc1NC(=O)NC1CCC(Oc2ncccn2)CC1. The molecule has 1 fully saturated rings. The van der Waals surface area contributed by atoms with E-state index in [2.05, 4.69) is 20.6 Å². The van der Waals surface area contributed by atoms with Crippen molar-refractivity contribution in [2.45, 2.75) is 42.7 Å². The van der Waals surface area contributed by atoms with E-state index < -0.39 is 26.8 Å². The number of carbonyl (C=O) groups is 1. The molecule has 0 aliphatic heterocycles. The Kier molecular flexibility index (Phi) is 5.67. The second kappa shape index (κ2) is 7.70. The molecule has 0 bridgehead atoms. The zero-order valence-electron chi connectivity index (χ0n) is 16.4. The molecule has 0 spiro atoms. The summed E-state index contributed by atoms with van der Waals surface area (Å²) in [4.78, 5) is 18.1. The molecule has 1 heterocycles. The van der Waals surface area contributed by atoms with Gasteiger partial charge in [-0.2, -0.15) is 0 Å². The summed E-state index contributed by atoms with van der Waals surface area (Å²) in [6, 6.07) is 1.96. The molecule has 1 aromatic carbocycles. The molecule has 0 unspecified atom stereocenters. The highest BCUT2D eigenvalue weighted by Crippen LogP contribution is 3.02. The first-order chi connectivity index (χ1) is 14.3. The third-order valence-electron chi connectivity index (χ3n) is 4.69. The molecule has 1 aliphatic carbocycles. The third kappa shape index (κ3) is 6.32. The number of carbonyl (C=O) groups excluding carboxylic acids is 1. The average Bonchev–Trinajstić information content (AvgIpc) is 2.68. The number of ether oxygens (including phenoxy) is 2. The number of benzene rings is 1. The summed E-state index contributed by atoms with van der Waals surface area (Å²) in [7, 11) is -8.75. The summed E-state index contributed by atoms with van der Waals surface area (Å²) in [5, 5.41) is 4.79. The summed E-state index contributed by atoms with van der Waals surface area (Å²) in [5.74, 6) is -0.180.